The summed E-state index contributed by atoms with van der Waals surface area (Å²) in [5.41, 5.74) is 0. The molecule has 2 N–H and O–H groups in total. The van der Waals surface area contributed by atoms with E-state index in [0.29, 0.717) is 0 Å². The lowest BCUT2D eigenvalue weighted by atomic mass is 10.1. The largest absolute Gasteiger partial charge is 0.315 e. The van der Waals surface area contributed by atoms with Crippen molar-refractivity contribution >= 4 is 36.6 Å². The molecular weight excluding hydrogens is 251 g/mol. The Hall–Kier alpha value is 0.850. The lowest BCUT2D eigenvalue weighted by molar-refractivity contribution is 0.398. The molecule has 1 rings (SSSR count). The molecule has 0 aromatic heterocycles. The first-order valence-corrected chi connectivity index (χ1v) is 6.60. The number of halogens is 2. The van der Waals surface area contributed by atoms with Crippen molar-refractivity contribution in [3.8, 4) is 0 Å². The van der Waals surface area contributed by atoms with E-state index in [0.717, 1.165) is 6.04 Å². The molecule has 0 spiro atoms. The van der Waals surface area contributed by atoms with Crippen molar-refractivity contribution < 1.29 is 0 Å². The van der Waals surface area contributed by atoms with Crippen LogP contribution in [0.3, 0.4) is 0 Å². The summed E-state index contributed by atoms with van der Waals surface area (Å²) in [5.74, 6) is 2.58. The van der Waals surface area contributed by atoms with Gasteiger partial charge in [-0.25, -0.2) is 0 Å². The van der Waals surface area contributed by atoms with Crippen LogP contribution >= 0.6 is 36.6 Å². The van der Waals surface area contributed by atoms with Gasteiger partial charge in [-0.1, -0.05) is 6.92 Å². The number of nitrogens with one attached hydrogen (secondary N) is 2. The van der Waals surface area contributed by atoms with E-state index in [9.17, 15) is 0 Å². The highest BCUT2D eigenvalue weighted by molar-refractivity contribution is 7.99. The molecule has 1 unspecified atom stereocenters. The molecule has 15 heavy (non-hydrogen) atoms. The molecule has 0 aromatic carbocycles. The van der Waals surface area contributed by atoms with Crippen LogP contribution in [0.4, 0.5) is 0 Å². The Labute approximate surface area is 111 Å². The second-order valence-electron chi connectivity index (χ2n) is 3.61. The third-order valence-electron chi connectivity index (χ3n) is 2.32. The molecular formula is C10H24Cl2N2S. The number of thioether (sulfide) groups is 1. The molecule has 1 saturated heterocycles. The third kappa shape index (κ3) is 9.76. The molecule has 0 aliphatic carbocycles. The minimum Gasteiger partial charge on any atom is -0.315 e. The molecule has 1 heterocycles. The van der Waals surface area contributed by atoms with E-state index in [-0.39, 0.29) is 24.8 Å². The lowest BCUT2D eigenvalue weighted by Gasteiger charge is -2.23. The maximum Gasteiger partial charge on any atom is 0.0193 e. The third-order valence-corrected chi connectivity index (χ3v) is 3.51. The number of piperidine rings is 1. The molecule has 1 atom stereocenters. The van der Waals surface area contributed by atoms with Crippen LogP contribution in [0.5, 0.6) is 0 Å². The molecule has 0 radical (unpaired) electrons. The Balaban J connectivity index is 0. The standard InChI is InChI=1S/C10H22N2S.2ClH/c1-2-7-13-8-6-12-10-4-3-5-11-9-10;;/h10-12H,2-9H2,1H3;2*1H. The SMILES string of the molecule is CCCSCCNC1CCCNC1.Cl.Cl. The Bertz CT molecular complexity index is 122. The van der Waals surface area contributed by atoms with Crippen molar-refractivity contribution in [1.82, 2.24) is 10.6 Å². The van der Waals surface area contributed by atoms with Crippen molar-refractivity contribution in [2.75, 3.05) is 31.1 Å². The van der Waals surface area contributed by atoms with Crippen LogP contribution < -0.4 is 10.6 Å². The van der Waals surface area contributed by atoms with Gasteiger partial charge in [0.15, 0.2) is 0 Å². The Morgan fingerprint density at radius 3 is 2.73 bits per heavy atom. The van der Waals surface area contributed by atoms with Gasteiger partial charge in [-0.15, -0.1) is 24.8 Å². The van der Waals surface area contributed by atoms with Crippen LogP contribution in [0.15, 0.2) is 0 Å². The minimum atomic E-state index is 0. The summed E-state index contributed by atoms with van der Waals surface area (Å²) in [5, 5.41) is 7.01. The summed E-state index contributed by atoms with van der Waals surface area (Å²) in [4.78, 5) is 0. The fraction of sp³-hybridized carbons (Fsp3) is 1.00. The van der Waals surface area contributed by atoms with Gasteiger partial charge < -0.3 is 10.6 Å². The molecule has 1 aliphatic heterocycles. The van der Waals surface area contributed by atoms with Gasteiger partial charge in [0.25, 0.3) is 0 Å². The molecule has 0 bridgehead atoms. The summed E-state index contributed by atoms with van der Waals surface area (Å²) < 4.78 is 0. The smallest absolute Gasteiger partial charge is 0.0193 e. The van der Waals surface area contributed by atoms with E-state index >= 15 is 0 Å². The predicted octanol–water partition coefficient (Wildman–Crippen LogP) is 2.31. The number of rotatable bonds is 6. The predicted molar refractivity (Wildman–Crippen MR) is 76.0 cm³/mol. The second kappa shape index (κ2) is 12.9. The van der Waals surface area contributed by atoms with Crippen molar-refractivity contribution in [2.45, 2.75) is 32.2 Å². The van der Waals surface area contributed by atoms with Crippen molar-refractivity contribution in [1.29, 1.82) is 0 Å². The number of hydrogen-bond acceptors (Lipinski definition) is 3. The van der Waals surface area contributed by atoms with Gasteiger partial charge in [0.05, 0.1) is 0 Å². The topological polar surface area (TPSA) is 24.1 Å². The van der Waals surface area contributed by atoms with Gasteiger partial charge in [-0.3, -0.25) is 0 Å². The second-order valence-corrected chi connectivity index (χ2v) is 4.83. The van der Waals surface area contributed by atoms with Crippen LogP contribution in [0.25, 0.3) is 0 Å². The van der Waals surface area contributed by atoms with E-state index < -0.39 is 0 Å². The average Bonchev–Trinajstić information content (AvgIpc) is 2.19. The fourth-order valence-corrected chi connectivity index (χ4v) is 2.36. The molecule has 1 fully saturated rings. The normalized spacial score (nSPS) is 20.2. The van der Waals surface area contributed by atoms with Crippen LogP contribution in [0, 0.1) is 0 Å². The Kier molecular flexibility index (Phi) is 15.7. The molecule has 0 aromatic rings. The molecule has 0 saturated carbocycles. The van der Waals surface area contributed by atoms with E-state index in [1.54, 1.807) is 0 Å². The van der Waals surface area contributed by atoms with Crippen LogP contribution in [0.1, 0.15) is 26.2 Å². The summed E-state index contributed by atoms with van der Waals surface area (Å²) in [6.45, 7) is 5.80. The van der Waals surface area contributed by atoms with Gasteiger partial charge in [0, 0.05) is 24.9 Å². The van der Waals surface area contributed by atoms with Gasteiger partial charge in [-0.05, 0) is 31.6 Å². The van der Waals surface area contributed by atoms with Crippen LogP contribution in [-0.4, -0.2) is 37.2 Å². The highest BCUT2D eigenvalue weighted by Crippen LogP contribution is 2.03. The molecule has 94 valence electrons. The maximum absolute atomic E-state index is 3.60. The van der Waals surface area contributed by atoms with E-state index in [4.69, 9.17) is 0 Å². The first-order chi connectivity index (χ1) is 6.43. The fourth-order valence-electron chi connectivity index (χ4n) is 1.61. The first kappa shape index (κ1) is 18.2. The van der Waals surface area contributed by atoms with Crippen molar-refractivity contribution in [3.63, 3.8) is 0 Å². The Morgan fingerprint density at radius 2 is 2.13 bits per heavy atom. The zero-order valence-electron chi connectivity index (χ0n) is 9.46. The van der Waals surface area contributed by atoms with Crippen LogP contribution in [0.2, 0.25) is 0 Å². The van der Waals surface area contributed by atoms with E-state index in [2.05, 4.69) is 29.3 Å². The zero-order chi connectivity index (χ0) is 9.36. The monoisotopic (exact) mass is 274 g/mol. The van der Waals surface area contributed by atoms with Gasteiger partial charge >= 0.3 is 0 Å². The van der Waals surface area contributed by atoms with Gasteiger partial charge in [-0.2, -0.15) is 11.8 Å². The van der Waals surface area contributed by atoms with Crippen molar-refractivity contribution in [2.24, 2.45) is 0 Å². The molecule has 2 nitrogen and oxygen atoms in total. The number of hydrogen-bond donors (Lipinski definition) is 2. The van der Waals surface area contributed by atoms with Crippen LogP contribution in [-0.2, 0) is 0 Å². The highest BCUT2D eigenvalue weighted by Gasteiger charge is 2.10. The lowest BCUT2D eigenvalue weighted by Crippen LogP contribution is -2.43. The van der Waals surface area contributed by atoms with E-state index in [1.165, 1.54) is 50.4 Å². The average molecular weight is 275 g/mol. The maximum atomic E-state index is 3.60. The highest BCUT2D eigenvalue weighted by atomic mass is 35.5. The van der Waals surface area contributed by atoms with E-state index in [1.807, 2.05) is 0 Å². The van der Waals surface area contributed by atoms with Crippen molar-refractivity contribution in [3.05, 3.63) is 0 Å². The first-order valence-electron chi connectivity index (χ1n) is 5.45. The van der Waals surface area contributed by atoms with Gasteiger partial charge in [0.1, 0.15) is 0 Å². The molecule has 1 aliphatic rings. The zero-order valence-corrected chi connectivity index (χ0v) is 11.9. The Morgan fingerprint density at radius 1 is 1.33 bits per heavy atom. The van der Waals surface area contributed by atoms with Gasteiger partial charge in [0.2, 0.25) is 0 Å². The summed E-state index contributed by atoms with van der Waals surface area (Å²) in [6, 6.07) is 0.732. The summed E-state index contributed by atoms with van der Waals surface area (Å²) in [6.07, 6.45) is 3.99. The summed E-state index contributed by atoms with van der Waals surface area (Å²) in [7, 11) is 0. The quantitative estimate of drug-likeness (QED) is 0.727. The molecule has 5 heteroatoms. The summed E-state index contributed by atoms with van der Waals surface area (Å²) >= 11 is 2.06. The molecule has 0 amide bonds. The minimum absolute atomic E-state index is 0.